The first-order valence-electron chi connectivity index (χ1n) is 9.20. The minimum Gasteiger partial charge on any atom is -0.349 e. The average Bonchev–Trinajstić information content (AvgIpc) is 2.69. The average molecular weight is 430 g/mol. The molecule has 2 aromatic carbocycles. The number of nitrogens with zero attached hydrogens (tertiary/aromatic N) is 1. The molecule has 2 aromatic rings. The van der Waals surface area contributed by atoms with E-state index in [-0.39, 0.29) is 23.9 Å². The van der Waals surface area contributed by atoms with Crippen LogP contribution < -0.4 is 10.6 Å². The number of benzene rings is 2. The third-order valence-electron chi connectivity index (χ3n) is 4.91. The third kappa shape index (κ3) is 5.32. The number of anilines is 1. The van der Waals surface area contributed by atoms with Crippen LogP contribution in [0.1, 0.15) is 31.4 Å². The first-order valence-corrected chi connectivity index (χ1v) is 9.99. The van der Waals surface area contributed by atoms with Crippen LogP contribution in [0.5, 0.6) is 0 Å². The molecule has 1 aliphatic heterocycles. The number of piperidine rings is 1. The van der Waals surface area contributed by atoms with Gasteiger partial charge in [0.05, 0.1) is 6.04 Å². The van der Waals surface area contributed by atoms with Crippen molar-refractivity contribution in [3.63, 3.8) is 0 Å². The molecule has 1 fully saturated rings. The van der Waals surface area contributed by atoms with Crippen molar-refractivity contribution >= 4 is 33.6 Å². The number of carbonyl (C=O) groups excluding carboxylic acids is 2. The lowest BCUT2D eigenvalue weighted by molar-refractivity contribution is -0.126. The van der Waals surface area contributed by atoms with Gasteiger partial charge in [-0.2, -0.15) is 0 Å². The van der Waals surface area contributed by atoms with Crippen molar-refractivity contribution in [3.05, 3.63) is 64.6 Å². The first-order chi connectivity index (χ1) is 13.0. The van der Waals surface area contributed by atoms with E-state index >= 15 is 0 Å². The third-order valence-corrected chi connectivity index (χ3v) is 5.44. The fourth-order valence-corrected chi connectivity index (χ4v) is 3.50. The summed E-state index contributed by atoms with van der Waals surface area (Å²) in [6.07, 6.45) is 1.36. The molecule has 0 saturated carbocycles. The molecule has 1 atom stereocenters. The molecule has 0 unspecified atom stereocenters. The van der Waals surface area contributed by atoms with Crippen molar-refractivity contribution in [2.45, 2.75) is 25.8 Å². The molecule has 3 amide bonds. The maximum Gasteiger partial charge on any atom is 0.321 e. The second-order valence-corrected chi connectivity index (χ2v) is 7.76. The molecule has 2 N–H and O–H groups in total. The maximum absolute atomic E-state index is 12.6. The lowest BCUT2D eigenvalue weighted by Gasteiger charge is -2.32. The Morgan fingerprint density at radius 2 is 1.67 bits per heavy atom. The monoisotopic (exact) mass is 429 g/mol. The maximum atomic E-state index is 12.6. The highest BCUT2D eigenvalue weighted by atomic mass is 79.9. The van der Waals surface area contributed by atoms with Crippen LogP contribution in [-0.2, 0) is 4.79 Å². The number of carbonyl (C=O) groups is 2. The molecule has 5 nitrogen and oxygen atoms in total. The van der Waals surface area contributed by atoms with Gasteiger partial charge in [-0.3, -0.25) is 4.79 Å². The largest absolute Gasteiger partial charge is 0.349 e. The predicted molar refractivity (Wildman–Crippen MR) is 110 cm³/mol. The summed E-state index contributed by atoms with van der Waals surface area (Å²) >= 11 is 3.42. The fourth-order valence-electron chi connectivity index (χ4n) is 3.23. The quantitative estimate of drug-likeness (QED) is 0.747. The summed E-state index contributed by atoms with van der Waals surface area (Å²) in [5.41, 5.74) is 1.86. The summed E-state index contributed by atoms with van der Waals surface area (Å²) in [6.45, 7) is 3.16. The van der Waals surface area contributed by atoms with E-state index in [1.54, 1.807) is 4.90 Å². The van der Waals surface area contributed by atoms with E-state index in [0.717, 1.165) is 15.7 Å². The van der Waals surface area contributed by atoms with E-state index < -0.39 is 0 Å². The van der Waals surface area contributed by atoms with E-state index in [9.17, 15) is 9.59 Å². The van der Waals surface area contributed by atoms with Crippen molar-refractivity contribution in [3.8, 4) is 0 Å². The van der Waals surface area contributed by atoms with Crippen molar-refractivity contribution in [2.24, 2.45) is 5.92 Å². The first kappa shape index (κ1) is 19.4. The summed E-state index contributed by atoms with van der Waals surface area (Å²) in [7, 11) is 0. The van der Waals surface area contributed by atoms with E-state index in [1.165, 1.54) is 0 Å². The molecular formula is C21H24BrN3O2. The van der Waals surface area contributed by atoms with Crippen LogP contribution in [0.25, 0.3) is 0 Å². The van der Waals surface area contributed by atoms with Crippen LogP contribution in [-0.4, -0.2) is 29.9 Å². The van der Waals surface area contributed by atoms with Gasteiger partial charge in [0.15, 0.2) is 0 Å². The molecule has 0 aromatic heterocycles. The molecule has 142 valence electrons. The van der Waals surface area contributed by atoms with Gasteiger partial charge in [-0.15, -0.1) is 0 Å². The van der Waals surface area contributed by atoms with E-state index in [0.29, 0.717) is 25.9 Å². The van der Waals surface area contributed by atoms with Gasteiger partial charge in [-0.25, -0.2) is 4.79 Å². The lowest BCUT2D eigenvalue weighted by atomic mass is 9.95. The highest BCUT2D eigenvalue weighted by molar-refractivity contribution is 9.10. The number of para-hydroxylation sites is 1. The molecule has 0 spiro atoms. The second-order valence-electron chi connectivity index (χ2n) is 6.84. The highest BCUT2D eigenvalue weighted by Gasteiger charge is 2.28. The van der Waals surface area contributed by atoms with Crippen LogP contribution in [0, 0.1) is 5.92 Å². The number of nitrogens with one attached hydrogen (secondary N) is 2. The zero-order valence-electron chi connectivity index (χ0n) is 15.3. The van der Waals surface area contributed by atoms with Crippen LogP contribution in [0.4, 0.5) is 10.5 Å². The Labute approximate surface area is 168 Å². The Morgan fingerprint density at radius 1 is 1.04 bits per heavy atom. The van der Waals surface area contributed by atoms with Crippen molar-refractivity contribution in [1.29, 1.82) is 0 Å². The molecule has 1 saturated heterocycles. The standard InChI is InChI=1S/C21H24BrN3O2/c1-15(16-7-9-18(22)10-8-16)23-20(26)17-11-13-25(14-12-17)21(27)24-19-5-3-2-4-6-19/h2-10,15,17H,11-14H2,1H3,(H,23,26)(H,24,27)/t15-/m0/s1. The number of halogens is 1. The number of amides is 3. The number of hydrogen-bond donors (Lipinski definition) is 2. The van der Waals surface area contributed by atoms with Crippen molar-refractivity contribution < 1.29 is 9.59 Å². The van der Waals surface area contributed by atoms with E-state index in [2.05, 4.69) is 26.6 Å². The van der Waals surface area contributed by atoms with Crippen LogP contribution in [0.2, 0.25) is 0 Å². The minimum atomic E-state index is -0.108. The Hall–Kier alpha value is -2.34. The molecule has 0 radical (unpaired) electrons. The van der Waals surface area contributed by atoms with Crippen molar-refractivity contribution in [1.82, 2.24) is 10.2 Å². The van der Waals surface area contributed by atoms with E-state index in [4.69, 9.17) is 0 Å². The Morgan fingerprint density at radius 3 is 2.30 bits per heavy atom. The summed E-state index contributed by atoms with van der Waals surface area (Å²) in [5.74, 6) is 0.0113. The van der Waals surface area contributed by atoms with E-state index in [1.807, 2.05) is 61.5 Å². The van der Waals surface area contributed by atoms with Gasteiger partial charge >= 0.3 is 6.03 Å². The second kappa shape index (κ2) is 9.04. The Balaban J connectivity index is 1.47. The van der Waals surface area contributed by atoms with Crippen LogP contribution in [0.3, 0.4) is 0 Å². The fraction of sp³-hybridized carbons (Fsp3) is 0.333. The molecule has 1 aliphatic rings. The van der Waals surface area contributed by atoms with Gasteiger partial charge < -0.3 is 15.5 Å². The van der Waals surface area contributed by atoms with Gasteiger partial charge in [0.25, 0.3) is 0 Å². The van der Waals surface area contributed by atoms with Gasteiger partial charge in [-0.05, 0) is 49.6 Å². The minimum absolute atomic E-state index is 0.0370. The highest BCUT2D eigenvalue weighted by Crippen LogP contribution is 2.21. The summed E-state index contributed by atoms with van der Waals surface area (Å²) in [5, 5.41) is 5.99. The van der Waals surface area contributed by atoms with Crippen LogP contribution in [0.15, 0.2) is 59.1 Å². The Kier molecular flexibility index (Phi) is 6.50. The van der Waals surface area contributed by atoms with Gasteiger partial charge in [0, 0.05) is 29.2 Å². The van der Waals surface area contributed by atoms with Gasteiger partial charge in [0.1, 0.15) is 0 Å². The zero-order valence-corrected chi connectivity index (χ0v) is 16.9. The normalized spacial score (nSPS) is 15.9. The number of hydrogen-bond acceptors (Lipinski definition) is 2. The summed E-state index contributed by atoms with van der Waals surface area (Å²) < 4.78 is 1.02. The molecule has 0 bridgehead atoms. The predicted octanol–water partition coefficient (Wildman–Crippen LogP) is 4.57. The number of likely N-dealkylation sites (tertiary alicyclic amines) is 1. The van der Waals surface area contributed by atoms with Gasteiger partial charge in [-0.1, -0.05) is 46.3 Å². The topological polar surface area (TPSA) is 61.4 Å². The number of rotatable bonds is 4. The molecule has 3 rings (SSSR count). The SMILES string of the molecule is C[C@H](NC(=O)C1CCN(C(=O)Nc2ccccc2)CC1)c1ccc(Br)cc1. The molecular weight excluding hydrogens is 406 g/mol. The molecule has 6 heteroatoms. The number of urea groups is 1. The smallest absolute Gasteiger partial charge is 0.321 e. The van der Waals surface area contributed by atoms with Crippen molar-refractivity contribution in [2.75, 3.05) is 18.4 Å². The zero-order chi connectivity index (χ0) is 19.2. The summed E-state index contributed by atoms with van der Waals surface area (Å²) in [4.78, 5) is 26.7. The molecule has 27 heavy (non-hydrogen) atoms. The molecule has 1 heterocycles. The summed E-state index contributed by atoms with van der Waals surface area (Å²) in [6, 6.07) is 17.2. The lowest BCUT2D eigenvalue weighted by Crippen LogP contribution is -2.44. The Bertz CT molecular complexity index is 772. The van der Waals surface area contributed by atoms with Gasteiger partial charge in [0.2, 0.25) is 5.91 Å². The van der Waals surface area contributed by atoms with Crippen LogP contribution >= 0.6 is 15.9 Å². The molecule has 0 aliphatic carbocycles.